The monoisotopic (exact) mass is 505 g/mol. The molecule has 1 aromatic carbocycles. The number of nitrogen functional groups attached to an aromatic ring is 1. The molecule has 3 aromatic heterocycles. The second-order valence-electron chi connectivity index (χ2n) is 9.54. The van der Waals surface area contributed by atoms with E-state index in [9.17, 15) is 4.79 Å². The minimum Gasteiger partial charge on any atom is -0.382 e. The zero-order valence-corrected chi connectivity index (χ0v) is 21.7. The van der Waals surface area contributed by atoms with Gasteiger partial charge in [0.2, 0.25) is 0 Å². The number of hydrogen-bond donors (Lipinski definition) is 2. The number of aryl methyl sites for hydroxylation is 1. The maximum Gasteiger partial charge on any atom is 0.257 e. The predicted octanol–water partition coefficient (Wildman–Crippen LogP) is 3.57. The van der Waals surface area contributed by atoms with Crippen molar-refractivity contribution < 1.29 is 4.79 Å². The number of amides is 1. The van der Waals surface area contributed by atoms with Crippen molar-refractivity contribution in [2.75, 3.05) is 44.3 Å². The highest BCUT2D eigenvalue weighted by Crippen LogP contribution is 2.21. The molecule has 1 aliphatic heterocycles. The Balaban J connectivity index is 1.30. The van der Waals surface area contributed by atoms with Crippen LogP contribution in [0.5, 0.6) is 0 Å². The smallest absolute Gasteiger partial charge is 0.257 e. The van der Waals surface area contributed by atoms with Gasteiger partial charge in [0.25, 0.3) is 5.91 Å². The van der Waals surface area contributed by atoms with Crippen LogP contribution in [0.15, 0.2) is 61.2 Å². The number of carbonyl (C=O) groups is 1. The summed E-state index contributed by atoms with van der Waals surface area (Å²) in [7, 11) is 2.17. The van der Waals surface area contributed by atoms with Crippen LogP contribution < -0.4 is 11.1 Å². The van der Waals surface area contributed by atoms with E-state index in [0.29, 0.717) is 28.0 Å². The van der Waals surface area contributed by atoms with Gasteiger partial charge in [0.15, 0.2) is 0 Å². The van der Waals surface area contributed by atoms with Crippen molar-refractivity contribution >= 4 is 28.3 Å². The molecule has 0 atom stereocenters. The fourth-order valence-electron chi connectivity index (χ4n) is 4.60. The van der Waals surface area contributed by atoms with Crippen LogP contribution in [-0.4, -0.2) is 63.9 Å². The van der Waals surface area contributed by atoms with Crippen LogP contribution in [0.1, 0.15) is 39.5 Å². The first-order valence-electron chi connectivity index (χ1n) is 12.8. The molecule has 8 heteroatoms. The number of pyridine rings is 3. The molecule has 1 aliphatic rings. The number of benzene rings is 1. The first-order valence-corrected chi connectivity index (χ1v) is 12.8. The van der Waals surface area contributed by atoms with E-state index >= 15 is 0 Å². The minimum atomic E-state index is -0.223. The number of likely N-dealkylation sites (N-methyl/N-ethyl adjacent to an activating group) is 1. The molecule has 0 aliphatic carbocycles. The van der Waals surface area contributed by atoms with Crippen LogP contribution in [0, 0.1) is 11.8 Å². The molecule has 4 aromatic rings. The number of carbonyl (C=O) groups excluding carboxylic acids is 1. The van der Waals surface area contributed by atoms with Crippen molar-refractivity contribution in [2.45, 2.75) is 19.9 Å². The van der Waals surface area contributed by atoms with E-state index in [1.54, 1.807) is 30.9 Å². The molecule has 3 N–H and O–H groups in total. The Morgan fingerprint density at radius 1 is 1.03 bits per heavy atom. The molecule has 192 valence electrons. The number of piperazine rings is 1. The Kier molecular flexibility index (Phi) is 7.59. The quantitative estimate of drug-likeness (QED) is 0.400. The summed E-state index contributed by atoms with van der Waals surface area (Å²) >= 11 is 0. The highest BCUT2D eigenvalue weighted by Gasteiger charge is 2.16. The van der Waals surface area contributed by atoms with Gasteiger partial charge in [-0.15, -0.1) is 0 Å². The highest BCUT2D eigenvalue weighted by atomic mass is 16.1. The molecule has 1 fully saturated rings. The van der Waals surface area contributed by atoms with Crippen LogP contribution in [0.25, 0.3) is 10.9 Å². The van der Waals surface area contributed by atoms with Crippen molar-refractivity contribution in [1.82, 2.24) is 24.8 Å². The van der Waals surface area contributed by atoms with E-state index in [4.69, 9.17) is 5.73 Å². The van der Waals surface area contributed by atoms with E-state index in [-0.39, 0.29) is 5.91 Å². The molecule has 0 saturated carbocycles. The van der Waals surface area contributed by atoms with Crippen molar-refractivity contribution in [3.8, 4) is 11.8 Å². The lowest BCUT2D eigenvalue weighted by Gasteiger charge is -2.32. The van der Waals surface area contributed by atoms with Gasteiger partial charge in [-0.05, 0) is 54.9 Å². The number of rotatable bonds is 5. The summed E-state index contributed by atoms with van der Waals surface area (Å²) in [5.41, 5.74) is 11.7. The number of fused-ring (bicyclic) bond motifs is 1. The summed E-state index contributed by atoms with van der Waals surface area (Å²) < 4.78 is 0. The number of anilines is 2. The Morgan fingerprint density at radius 2 is 1.87 bits per heavy atom. The summed E-state index contributed by atoms with van der Waals surface area (Å²) in [6, 6.07) is 11.7. The fraction of sp³-hybridized carbons (Fsp3) is 0.267. The van der Waals surface area contributed by atoms with Crippen LogP contribution in [-0.2, 0) is 13.0 Å². The van der Waals surface area contributed by atoms with Gasteiger partial charge in [0, 0.05) is 74.1 Å². The van der Waals surface area contributed by atoms with Crippen molar-refractivity contribution in [3.05, 3.63) is 89.0 Å². The second-order valence-corrected chi connectivity index (χ2v) is 9.54. The number of aromatic nitrogens is 3. The number of nitrogens with zero attached hydrogens (tertiary/aromatic N) is 5. The fourth-order valence-corrected chi connectivity index (χ4v) is 4.60. The Labute approximate surface area is 222 Å². The van der Waals surface area contributed by atoms with Gasteiger partial charge in [-0.2, -0.15) is 0 Å². The lowest BCUT2D eigenvalue weighted by Crippen LogP contribution is -2.44. The summed E-state index contributed by atoms with van der Waals surface area (Å²) in [4.78, 5) is 30.6. The summed E-state index contributed by atoms with van der Waals surface area (Å²) in [6.45, 7) is 7.43. The van der Waals surface area contributed by atoms with Crippen LogP contribution >= 0.6 is 0 Å². The van der Waals surface area contributed by atoms with Gasteiger partial charge in [-0.1, -0.05) is 24.8 Å². The van der Waals surface area contributed by atoms with E-state index in [1.165, 1.54) is 11.1 Å². The van der Waals surface area contributed by atoms with Gasteiger partial charge in [0.1, 0.15) is 11.3 Å². The minimum absolute atomic E-state index is 0.223. The van der Waals surface area contributed by atoms with Crippen LogP contribution in [0.3, 0.4) is 0 Å². The molecule has 0 unspecified atom stereocenters. The third-order valence-corrected chi connectivity index (χ3v) is 6.85. The summed E-state index contributed by atoms with van der Waals surface area (Å²) in [5, 5.41) is 3.85. The molecule has 1 saturated heterocycles. The molecular formula is C30H31N7O. The zero-order chi connectivity index (χ0) is 26.5. The Morgan fingerprint density at radius 3 is 2.68 bits per heavy atom. The SMILES string of the molecule is CCc1cc(NC(=O)c2cncc(C#Cc3cnc(N)c4ncccc34)c2)ccc1CN1CCN(C)CC1. The first-order chi connectivity index (χ1) is 18.5. The molecule has 38 heavy (non-hydrogen) atoms. The average Bonchev–Trinajstić information content (AvgIpc) is 2.95. The van der Waals surface area contributed by atoms with Crippen molar-refractivity contribution in [3.63, 3.8) is 0 Å². The number of nitrogens with one attached hydrogen (secondary N) is 1. The maximum absolute atomic E-state index is 13.0. The van der Waals surface area contributed by atoms with Crippen molar-refractivity contribution in [1.29, 1.82) is 0 Å². The van der Waals surface area contributed by atoms with E-state index < -0.39 is 0 Å². The van der Waals surface area contributed by atoms with E-state index in [0.717, 1.165) is 50.2 Å². The molecule has 0 bridgehead atoms. The maximum atomic E-state index is 13.0. The number of nitrogens with two attached hydrogens (primary N) is 1. The topological polar surface area (TPSA) is 100 Å². The molecular weight excluding hydrogens is 474 g/mol. The third kappa shape index (κ3) is 5.80. The van der Waals surface area contributed by atoms with Gasteiger partial charge < -0.3 is 16.0 Å². The Hall–Kier alpha value is -4.32. The normalized spacial score (nSPS) is 14.2. The van der Waals surface area contributed by atoms with Gasteiger partial charge in [0.05, 0.1) is 11.1 Å². The highest BCUT2D eigenvalue weighted by molar-refractivity contribution is 6.04. The Bertz CT molecular complexity index is 1530. The lowest BCUT2D eigenvalue weighted by atomic mass is 10.0. The third-order valence-electron chi connectivity index (χ3n) is 6.85. The standard InChI is InChI=1S/C30H31N7O/c1-3-22-16-26(9-8-24(22)20-37-13-11-36(2)12-14-37)35-30(38)25-15-21(17-32-18-25)6-7-23-19-34-29(31)28-27(23)5-4-10-33-28/h4-5,8-10,15-19H,3,11-14,20H2,1-2H3,(H2,31,34)(H,35,38). The molecule has 1 amide bonds. The van der Waals surface area contributed by atoms with Gasteiger partial charge in [-0.25, -0.2) is 4.98 Å². The molecule has 5 rings (SSSR count). The van der Waals surface area contributed by atoms with Crippen LogP contribution in [0.4, 0.5) is 11.5 Å². The van der Waals surface area contributed by atoms with Gasteiger partial charge >= 0.3 is 0 Å². The molecule has 0 radical (unpaired) electrons. The van der Waals surface area contributed by atoms with Crippen LogP contribution in [0.2, 0.25) is 0 Å². The second kappa shape index (κ2) is 11.4. The van der Waals surface area contributed by atoms with E-state index in [2.05, 4.69) is 68.0 Å². The molecule has 8 nitrogen and oxygen atoms in total. The van der Waals surface area contributed by atoms with E-state index in [1.807, 2.05) is 18.2 Å². The van der Waals surface area contributed by atoms with Gasteiger partial charge in [-0.3, -0.25) is 19.7 Å². The summed E-state index contributed by atoms with van der Waals surface area (Å²) in [6.07, 6.45) is 7.40. The lowest BCUT2D eigenvalue weighted by molar-refractivity contribution is 0.102. The number of hydrogen-bond acceptors (Lipinski definition) is 7. The first kappa shape index (κ1) is 25.3. The predicted molar refractivity (Wildman–Crippen MR) is 151 cm³/mol. The largest absolute Gasteiger partial charge is 0.382 e. The van der Waals surface area contributed by atoms with Crippen molar-refractivity contribution in [2.24, 2.45) is 0 Å². The summed E-state index contributed by atoms with van der Waals surface area (Å²) in [5.74, 6) is 6.35. The average molecular weight is 506 g/mol. The molecule has 0 spiro atoms. The molecule has 4 heterocycles. The zero-order valence-electron chi connectivity index (χ0n) is 21.7.